The fourth-order valence-corrected chi connectivity index (χ4v) is 4.79. The molecule has 0 spiro atoms. The minimum atomic E-state index is -3.75. The number of nitrogens with zero attached hydrogens (tertiary/aromatic N) is 5. The molecule has 1 aromatic heterocycles. The molecule has 1 aliphatic rings. The highest BCUT2D eigenvalue weighted by molar-refractivity contribution is 7.89. The molecule has 1 aliphatic heterocycles. The molecule has 3 rings (SSSR count). The molecule has 10 nitrogen and oxygen atoms in total. The second-order valence-corrected chi connectivity index (χ2v) is 8.41. The van der Waals surface area contributed by atoms with Crippen molar-refractivity contribution in [3.05, 3.63) is 30.4 Å². The van der Waals surface area contributed by atoms with Crippen LogP contribution in [0.5, 0.6) is 5.75 Å². The summed E-state index contributed by atoms with van der Waals surface area (Å²) in [5, 5.41) is 18.8. The lowest BCUT2D eigenvalue weighted by Crippen LogP contribution is -2.35. The van der Waals surface area contributed by atoms with Gasteiger partial charge in [-0.1, -0.05) is 6.42 Å². The van der Waals surface area contributed by atoms with Gasteiger partial charge in [0.25, 0.3) is 0 Å². The molecule has 2 heterocycles. The van der Waals surface area contributed by atoms with Gasteiger partial charge in [0.2, 0.25) is 21.8 Å². The Hall–Kier alpha value is -2.97. The highest BCUT2D eigenvalue weighted by Gasteiger charge is 2.29. The van der Waals surface area contributed by atoms with Gasteiger partial charge in [-0.15, -0.1) is 10.2 Å². The van der Waals surface area contributed by atoms with E-state index in [1.165, 1.54) is 27.3 Å². The zero-order chi connectivity index (χ0) is 20.9. The Morgan fingerprint density at radius 2 is 2.07 bits per heavy atom. The quantitative estimate of drug-likeness (QED) is 0.718. The van der Waals surface area contributed by atoms with E-state index < -0.39 is 15.9 Å². The standard InChI is InChI=1S/C18H22N6O4S/c1-2-28-15-7-6-14(21-18(25)12-23-13-20-22-17(23)11-19)10-16(15)29(26,27)24-8-4-3-5-9-24/h6-7,10,13H,2-5,8-9,12H2,1H3,(H,21,25). The first-order chi connectivity index (χ1) is 14.0. The first kappa shape index (κ1) is 20.8. The van der Waals surface area contributed by atoms with Crippen LogP contribution in [-0.4, -0.2) is 53.1 Å². The van der Waals surface area contributed by atoms with E-state index in [1.54, 1.807) is 13.0 Å². The van der Waals surface area contributed by atoms with Crippen LogP contribution in [0.25, 0.3) is 0 Å². The fourth-order valence-electron chi connectivity index (χ4n) is 3.12. The minimum absolute atomic E-state index is 0.0141. The summed E-state index contributed by atoms with van der Waals surface area (Å²) >= 11 is 0. The molecular weight excluding hydrogens is 396 g/mol. The molecule has 154 valence electrons. The molecule has 1 amide bonds. The fraction of sp³-hybridized carbons (Fsp3) is 0.444. The summed E-state index contributed by atoms with van der Waals surface area (Å²) in [5.41, 5.74) is 0.320. The van der Waals surface area contributed by atoms with Gasteiger partial charge in [0.1, 0.15) is 29.6 Å². The lowest BCUT2D eigenvalue weighted by molar-refractivity contribution is -0.116. The van der Waals surface area contributed by atoms with E-state index in [0.29, 0.717) is 25.4 Å². The van der Waals surface area contributed by atoms with Crippen LogP contribution in [0, 0.1) is 11.3 Å². The van der Waals surface area contributed by atoms with E-state index in [-0.39, 0.29) is 23.0 Å². The van der Waals surface area contributed by atoms with Crippen molar-refractivity contribution >= 4 is 21.6 Å². The van der Waals surface area contributed by atoms with Crippen molar-refractivity contribution in [2.24, 2.45) is 0 Å². The van der Waals surface area contributed by atoms with Crippen molar-refractivity contribution < 1.29 is 17.9 Å². The number of hydrogen-bond donors (Lipinski definition) is 1. The van der Waals surface area contributed by atoms with Gasteiger partial charge >= 0.3 is 0 Å². The summed E-state index contributed by atoms with van der Waals surface area (Å²) in [4.78, 5) is 12.4. The first-order valence-electron chi connectivity index (χ1n) is 9.30. The van der Waals surface area contributed by atoms with Gasteiger partial charge in [0.15, 0.2) is 0 Å². The number of aromatic nitrogens is 3. The number of hydrogen-bond acceptors (Lipinski definition) is 7. The average Bonchev–Trinajstić information content (AvgIpc) is 3.16. The Labute approximate surface area is 169 Å². The summed E-state index contributed by atoms with van der Waals surface area (Å²) < 4.78 is 34.5. The summed E-state index contributed by atoms with van der Waals surface area (Å²) in [6.45, 7) is 2.86. The summed E-state index contributed by atoms with van der Waals surface area (Å²) in [5.74, 6) is -0.173. The van der Waals surface area contributed by atoms with Crippen LogP contribution in [0.1, 0.15) is 32.0 Å². The maximum Gasteiger partial charge on any atom is 0.246 e. The van der Waals surface area contributed by atoms with E-state index in [4.69, 9.17) is 10.00 Å². The van der Waals surface area contributed by atoms with E-state index >= 15 is 0 Å². The molecular formula is C18H22N6O4S. The molecule has 29 heavy (non-hydrogen) atoms. The third-order valence-electron chi connectivity index (χ3n) is 4.49. The number of carbonyl (C=O) groups excluding carboxylic acids is 1. The van der Waals surface area contributed by atoms with Gasteiger partial charge in [-0.3, -0.25) is 9.36 Å². The summed E-state index contributed by atoms with van der Waals surface area (Å²) in [7, 11) is -3.75. The Morgan fingerprint density at radius 1 is 1.31 bits per heavy atom. The number of benzene rings is 1. The molecule has 0 aliphatic carbocycles. The van der Waals surface area contributed by atoms with Crippen molar-refractivity contribution in [1.29, 1.82) is 5.26 Å². The number of piperidine rings is 1. The number of ether oxygens (including phenoxy) is 1. The van der Waals surface area contributed by atoms with Gasteiger partial charge in [-0.05, 0) is 38.0 Å². The third kappa shape index (κ3) is 4.72. The normalized spacial score (nSPS) is 14.9. The summed E-state index contributed by atoms with van der Waals surface area (Å²) in [6, 6.07) is 6.36. The predicted octanol–water partition coefficient (Wildman–Crippen LogP) is 1.36. The molecule has 11 heteroatoms. The Balaban J connectivity index is 1.84. The molecule has 0 unspecified atom stereocenters. The van der Waals surface area contributed by atoms with E-state index in [1.807, 2.05) is 6.07 Å². The van der Waals surface area contributed by atoms with Crippen LogP contribution in [0.15, 0.2) is 29.4 Å². The number of nitriles is 1. The van der Waals surface area contributed by atoms with Crippen LogP contribution in [0.3, 0.4) is 0 Å². The third-order valence-corrected chi connectivity index (χ3v) is 6.41. The van der Waals surface area contributed by atoms with Crippen molar-refractivity contribution in [2.45, 2.75) is 37.6 Å². The van der Waals surface area contributed by atoms with Crippen molar-refractivity contribution in [1.82, 2.24) is 19.1 Å². The smallest absolute Gasteiger partial charge is 0.246 e. The van der Waals surface area contributed by atoms with Crippen LogP contribution >= 0.6 is 0 Å². The number of carbonyl (C=O) groups is 1. The van der Waals surface area contributed by atoms with E-state index in [9.17, 15) is 13.2 Å². The van der Waals surface area contributed by atoms with Crippen molar-refractivity contribution in [3.63, 3.8) is 0 Å². The molecule has 1 fully saturated rings. The lowest BCUT2D eigenvalue weighted by atomic mass is 10.2. The maximum absolute atomic E-state index is 13.1. The number of nitrogens with one attached hydrogen (secondary N) is 1. The average molecular weight is 418 g/mol. The zero-order valence-electron chi connectivity index (χ0n) is 16.0. The molecule has 0 radical (unpaired) electrons. The molecule has 0 bridgehead atoms. The predicted molar refractivity (Wildman–Crippen MR) is 104 cm³/mol. The van der Waals surface area contributed by atoms with Crippen molar-refractivity contribution in [2.75, 3.05) is 25.0 Å². The zero-order valence-corrected chi connectivity index (χ0v) is 16.9. The SMILES string of the molecule is CCOc1ccc(NC(=O)Cn2cnnc2C#N)cc1S(=O)(=O)N1CCCCC1. The van der Waals surface area contributed by atoms with Gasteiger partial charge in [0, 0.05) is 18.8 Å². The van der Waals surface area contributed by atoms with Crippen LogP contribution in [-0.2, 0) is 21.4 Å². The van der Waals surface area contributed by atoms with Gasteiger partial charge < -0.3 is 10.1 Å². The first-order valence-corrected chi connectivity index (χ1v) is 10.7. The summed E-state index contributed by atoms with van der Waals surface area (Å²) in [6.07, 6.45) is 3.93. The second-order valence-electron chi connectivity index (χ2n) is 6.50. The van der Waals surface area contributed by atoms with Gasteiger partial charge in [-0.25, -0.2) is 8.42 Å². The largest absolute Gasteiger partial charge is 0.492 e. The number of amides is 1. The lowest BCUT2D eigenvalue weighted by Gasteiger charge is -2.27. The molecule has 2 aromatic rings. The maximum atomic E-state index is 13.1. The van der Waals surface area contributed by atoms with E-state index in [0.717, 1.165) is 19.3 Å². The highest BCUT2D eigenvalue weighted by atomic mass is 32.2. The molecule has 1 saturated heterocycles. The van der Waals surface area contributed by atoms with Crippen molar-refractivity contribution in [3.8, 4) is 11.8 Å². The van der Waals surface area contributed by atoms with Crippen LogP contribution in [0.4, 0.5) is 5.69 Å². The van der Waals surface area contributed by atoms with Gasteiger partial charge in [-0.2, -0.15) is 9.57 Å². The Kier molecular flexibility index (Phi) is 6.46. The Bertz CT molecular complexity index is 1020. The number of rotatable bonds is 7. The monoisotopic (exact) mass is 418 g/mol. The van der Waals surface area contributed by atoms with Crippen LogP contribution in [0.2, 0.25) is 0 Å². The second kappa shape index (κ2) is 9.02. The minimum Gasteiger partial charge on any atom is -0.492 e. The highest BCUT2D eigenvalue weighted by Crippen LogP contribution is 2.31. The number of anilines is 1. The Morgan fingerprint density at radius 3 is 2.76 bits per heavy atom. The van der Waals surface area contributed by atoms with Gasteiger partial charge in [0.05, 0.1) is 6.61 Å². The van der Waals surface area contributed by atoms with E-state index in [2.05, 4.69) is 15.5 Å². The molecule has 1 aromatic carbocycles. The number of sulfonamides is 1. The topological polar surface area (TPSA) is 130 Å². The molecule has 1 N–H and O–H groups in total. The molecule has 0 saturated carbocycles. The molecule has 0 atom stereocenters. The van der Waals surface area contributed by atoms with Crippen LogP contribution < -0.4 is 10.1 Å².